The highest BCUT2D eigenvalue weighted by molar-refractivity contribution is 7.15. The van der Waals surface area contributed by atoms with E-state index in [9.17, 15) is 14.0 Å². The van der Waals surface area contributed by atoms with Gasteiger partial charge in [0.05, 0.1) is 11.3 Å². The van der Waals surface area contributed by atoms with E-state index in [1.54, 1.807) is 65.2 Å². The molecule has 3 aromatic carbocycles. The first-order chi connectivity index (χ1) is 15.6. The highest BCUT2D eigenvalue weighted by Gasteiger charge is 2.20. The Kier molecular flexibility index (Phi) is 5.04. The van der Waals surface area contributed by atoms with E-state index in [4.69, 9.17) is 0 Å². The number of fused-ring (bicyclic) bond motifs is 1. The fourth-order valence-corrected chi connectivity index (χ4v) is 4.18. The van der Waals surface area contributed by atoms with Crippen molar-refractivity contribution in [2.45, 2.75) is 0 Å². The van der Waals surface area contributed by atoms with Crippen LogP contribution in [-0.4, -0.2) is 26.3 Å². The summed E-state index contributed by atoms with van der Waals surface area (Å²) in [5, 5.41) is 8.92. The molecular formula is C24H15FN4O2S. The summed E-state index contributed by atoms with van der Waals surface area (Å²) in [6.45, 7) is 0. The van der Waals surface area contributed by atoms with E-state index >= 15 is 0 Å². The minimum absolute atomic E-state index is 0.118. The summed E-state index contributed by atoms with van der Waals surface area (Å²) >= 11 is 1.35. The minimum atomic E-state index is -0.480. The van der Waals surface area contributed by atoms with Crippen LogP contribution in [-0.2, 0) is 0 Å². The van der Waals surface area contributed by atoms with Crippen LogP contribution in [0.15, 0.2) is 84.2 Å². The molecule has 5 rings (SSSR count). The number of hydrogen-bond acceptors (Lipinski definition) is 5. The molecule has 1 amide bonds. The average Bonchev–Trinajstić information content (AvgIpc) is 3.40. The van der Waals surface area contributed by atoms with Crippen LogP contribution in [0, 0.1) is 5.82 Å². The Morgan fingerprint density at radius 1 is 0.875 bits per heavy atom. The molecule has 0 saturated carbocycles. The number of benzene rings is 3. The van der Waals surface area contributed by atoms with E-state index in [0.717, 1.165) is 11.3 Å². The standard InChI is InChI=1S/C24H15FN4O2S/c25-17-12-10-15(11-13-17)20-14-32-24-27-23(28-29(20)24)26-22(31)19-9-5-4-8-18(19)21(30)16-6-2-1-3-7-16/h1-14H,(H,26,28,31). The number of hydrogen-bond donors (Lipinski definition) is 1. The van der Waals surface area contributed by atoms with Gasteiger partial charge in [-0.15, -0.1) is 16.4 Å². The van der Waals surface area contributed by atoms with Crippen molar-refractivity contribution in [1.29, 1.82) is 0 Å². The molecule has 6 nitrogen and oxygen atoms in total. The topological polar surface area (TPSA) is 76.4 Å². The molecule has 0 atom stereocenters. The predicted octanol–water partition coefficient (Wildman–Crippen LogP) is 5.08. The van der Waals surface area contributed by atoms with Gasteiger partial charge < -0.3 is 0 Å². The van der Waals surface area contributed by atoms with E-state index in [2.05, 4.69) is 15.4 Å². The molecular weight excluding hydrogens is 427 g/mol. The molecule has 0 spiro atoms. The highest BCUT2D eigenvalue weighted by atomic mass is 32.1. The van der Waals surface area contributed by atoms with Gasteiger partial charge in [0.2, 0.25) is 4.96 Å². The lowest BCUT2D eigenvalue weighted by atomic mass is 9.98. The van der Waals surface area contributed by atoms with Crippen LogP contribution in [0.3, 0.4) is 0 Å². The second-order valence-electron chi connectivity index (χ2n) is 6.95. The van der Waals surface area contributed by atoms with Crippen molar-refractivity contribution in [2.24, 2.45) is 0 Å². The molecule has 1 N–H and O–H groups in total. The van der Waals surface area contributed by atoms with Gasteiger partial charge in [-0.3, -0.25) is 14.9 Å². The smallest absolute Gasteiger partial charge is 0.258 e. The Morgan fingerprint density at radius 3 is 2.31 bits per heavy atom. The largest absolute Gasteiger partial charge is 0.289 e. The summed E-state index contributed by atoms with van der Waals surface area (Å²) in [4.78, 5) is 30.8. The van der Waals surface area contributed by atoms with Crippen molar-refractivity contribution in [3.63, 3.8) is 0 Å². The van der Waals surface area contributed by atoms with Crippen molar-refractivity contribution in [3.8, 4) is 11.3 Å². The van der Waals surface area contributed by atoms with Crippen molar-refractivity contribution < 1.29 is 14.0 Å². The number of amides is 1. The first kappa shape index (κ1) is 19.8. The summed E-state index contributed by atoms with van der Waals surface area (Å²) in [5.74, 6) is -0.928. The van der Waals surface area contributed by atoms with Gasteiger partial charge >= 0.3 is 0 Å². The lowest BCUT2D eigenvalue weighted by Gasteiger charge is -2.08. The Labute approximate surface area is 186 Å². The molecule has 0 unspecified atom stereocenters. The number of ketones is 1. The fraction of sp³-hybridized carbons (Fsp3) is 0. The number of halogens is 1. The quantitative estimate of drug-likeness (QED) is 0.385. The molecule has 32 heavy (non-hydrogen) atoms. The van der Waals surface area contributed by atoms with Crippen LogP contribution in [0.1, 0.15) is 26.3 Å². The normalized spacial score (nSPS) is 10.9. The van der Waals surface area contributed by atoms with Gasteiger partial charge in [-0.1, -0.05) is 48.5 Å². The SMILES string of the molecule is O=C(Nc1nc2scc(-c3ccc(F)cc3)n2n1)c1ccccc1C(=O)c1ccccc1. The molecule has 0 radical (unpaired) electrons. The minimum Gasteiger partial charge on any atom is -0.289 e. The first-order valence-corrected chi connectivity index (χ1v) is 10.6. The zero-order valence-electron chi connectivity index (χ0n) is 16.5. The van der Waals surface area contributed by atoms with Crippen molar-refractivity contribution >= 4 is 33.9 Å². The van der Waals surface area contributed by atoms with Gasteiger partial charge in [0.15, 0.2) is 5.78 Å². The Balaban J connectivity index is 1.44. The number of thiazole rings is 1. The van der Waals surface area contributed by atoms with Crippen molar-refractivity contribution in [1.82, 2.24) is 14.6 Å². The Morgan fingerprint density at radius 2 is 1.56 bits per heavy atom. The number of carbonyl (C=O) groups excluding carboxylic acids is 2. The van der Waals surface area contributed by atoms with Crippen LogP contribution in [0.5, 0.6) is 0 Å². The molecule has 0 saturated heterocycles. The average molecular weight is 442 g/mol. The number of nitrogens with one attached hydrogen (secondary N) is 1. The zero-order chi connectivity index (χ0) is 22.1. The summed E-state index contributed by atoms with van der Waals surface area (Å²) in [6.07, 6.45) is 0. The molecule has 0 aliphatic carbocycles. The molecule has 0 fully saturated rings. The molecule has 8 heteroatoms. The number of aromatic nitrogens is 3. The zero-order valence-corrected chi connectivity index (χ0v) is 17.3. The van der Waals surface area contributed by atoms with Crippen LogP contribution in [0.25, 0.3) is 16.2 Å². The number of carbonyl (C=O) groups is 2. The third-order valence-corrected chi connectivity index (χ3v) is 5.72. The van der Waals surface area contributed by atoms with E-state index in [-0.39, 0.29) is 23.1 Å². The predicted molar refractivity (Wildman–Crippen MR) is 121 cm³/mol. The number of anilines is 1. The van der Waals surface area contributed by atoms with E-state index < -0.39 is 5.91 Å². The first-order valence-electron chi connectivity index (χ1n) is 9.70. The lowest BCUT2D eigenvalue weighted by molar-refractivity contribution is 0.0996. The van der Waals surface area contributed by atoms with Gasteiger partial charge in [0, 0.05) is 22.1 Å². The molecule has 2 aromatic heterocycles. The maximum absolute atomic E-state index is 13.2. The second kappa shape index (κ2) is 8.16. The molecule has 5 aromatic rings. The summed E-state index contributed by atoms with van der Waals surface area (Å²) in [5.41, 5.74) is 2.54. The maximum Gasteiger partial charge on any atom is 0.258 e. The summed E-state index contributed by atoms with van der Waals surface area (Å²) < 4.78 is 14.8. The molecule has 2 heterocycles. The Hall–Kier alpha value is -4.17. The monoisotopic (exact) mass is 442 g/mol. The lowest BCUT2D eigenvalue weighted by Crippen LogP contribution is -2.17. The maximum atomic E-state index is 13.2. The summed E-state index contributed by atoms with van der Waals surface area (Å²) in [6, 6.07) is 21.5. The molecule has 0 aliphatic rings. The fourth-order valence-electron chi connectivity index (χ4n) is 3.35. The van der Waals surface area contributed by atoms with Crippen LogP contribution in [0.4, 0.5) is 10.3 Å². The number of nitrogens with zero attached hydrogens (tertiary/aromatic N) is 3. The Bertz CT molecular complexity index is 1440. The van der Waals surface area contributed by atoms with Gasteiger partial charge in [0.25, 0.3) is 11.9 Å². The summed E-state index contributed by atoms with van der Waals surface area (Å²) in [7, 11) is 0. The number of rotatable bonds is 5. The van der Waals surface area contributed by atoms with E-state index in [0.29, 0.717) is 16.1 Å². The van der Waals surface area contributed by atoms with Crippen LogP contribution in [0.2, 0.25) is 0 Å². The van der Waals surface area contributed by atoms with Crippen LogP contribution < -0.4 is 5.32 Å². The van der Waals surface area contributed by atoms with Gasteiger partial charge in [-0.05, 0) is 30.3 Å². The molecule has 156 valence electrons. The molecule has 0 bridgehead atoms. The van der Waals surface area contributed by atoms with Crippen molar-refractivity contribution in [2.75, 3.05) is 5.32 Å². The van der Waals surface area contributed by atoms with Gasteiger partial charge in [-0.25, -0.2) is 8.91 Å². The third-order valence-electron chi connectivity index (χ3n) is 4.90. The third kappa shape index (κ3) is 3.67. The highest BCUT2D eigenvalue weighted by Crippen LogP contribution is 2.26. The van der Waals surface area contributed by atoms with E-state index in [1.165, 1.54) is 23.5 Å². The molecule has 0 aliphatic heterocycles. The van der Waals surface area contributed by atoms with Crippen LogP contribution >= 0.6 is 11.3 Å². The van der Waals surface area contributed by atoms with Crippen molar-refractivity contribution in [3.05, 3.63) is 107 Å². The van der Waals surface area contributed by atoms with E-state index in [1.807, 2.05) is 11.4 Å². The van der Waals surface area contributed by atoms with Gasteiger partial charge in [0.1, 0.15) is 5.82 Å². The van der Waals surface area contributed by atoms with Gasteiger partial charge in [-0.2, -0.15) is 4.98 Å². The second-order valence-corrected chi connectivity index (χ2v) is 7.79.